The van der Waals surface area contributed by atoms with Crippen molar-refractivity contribution in [1.29, 1.82) is 0 Å². The molecule has 2 aliphatic heterocycles. The SMILES string of the molecule is NC(=O)c1ccc2[nH]cc(C3CCN4CCCC4C3)c2c1. The Kier molecular flexibility index (Phi) is 3.00. The first-order valence-electron chi connectivity index (χ1n) is 7.87. The van der Waals surface area contributed by atoms with Crippen LogP contribution in [0, 0.1) is 0 Å². The van der Waals surface area contributed by atoms with Gasteiger partial charge in [-0.1, -0.05) is 0 Å². The highest BCUT2D eigenvalue weighted by Crippen LogP contribution is 2.38. The van der Waals surface area contributed by atoms with Crippen LogP contribution >= 0.6 is 0 Å². The number of piperidine rings is 1. The number of aromatic nitrogens is 1. The summed E-state index contributed by atoms with van der Waals surface area (Å²) in [6, 6.07) is 6.46. The lowest BCUT2D eigenvalue weighted by Gasteiger charge is -2.34. The van der Waals surface area contributed by atoms with Crippen LogP contribution in [0.1, 0.15) is 47.5 Å². The van der Waals surface area contributed by atoms with Gasteiger partial charge >= 0.3 is 0 Å². The number of aromatic amines is 1. The van der Waals surface area contributed by atoms with Gasteiger partial charge in [-0.3, -0.25) is 4.79 Å². The zero-order valence-corrected chi connectivity index (χ0v) is 12.1. The van der Waals surface area contributed by atoms with Crippen LogP contribution in [0.3, 0.4) is 0 Å². The summed E-state index contributed by atoms with van der Waals surface area (Å²) >= 11 is 0. The number of nitrogens with zero attached hydrogens (tertiary/aromatic N) is 1. The molecule has 4 rings (SSSR count). The molecular formula is C17H21N3O. The number of nitrogens with two attached hydrogens (primary N) is 1. The van der Waals surface area contributed by atoms with Gasteiger partial charge in [0.15, 0.2) is 0 Å². The summed E-state index contributed by atoms with van der Waals surface area (Å²) in [6.45, 7) is 2.48. The lowest BCUT2D eigenvalue weighted by Crippen LogP contribution is -2.37. The summed E-state index contributed by atoms with van der Waals surface area (Å²) < 4.78 is 0. The maximum atomic E-state index is 11.4. The van der Waals surface area contributed by atoms with Crippen LogP contribution in [-0.4, -0.2) is 34.9 Å². The smallest absolute Gasteiger partial charge is 0.248 e. The zero-order valence-electron chi connectivity index (χ0n) is 12.1. The molecule has 2 aliphatic rings. The first kappa shape index (κ1) is 12.9. The molecule has 3 heterocycles. The van der Waals surface area contributed by atoms with E-state index in [2.05, 4.69) is 16.1 Å². The number of hydrogen-bond acceptors (Lipinski definition) is 2. The minimum atomic E-state index is -0.352. The Morgan fingerprint density at radius 1 is 1.29 bits per heavy atom. The molecule has 2 fully saturated rings. The molecule has 3 N–H and O–H groups in total. The molecule has 0 aliphatic carbocycles. The monoisotopic (exact) mass is 283 g/mol. The molecule has 0 saturated carbocycles. The average molecular weight is 283 g/mol. The largest absolute Gasteiger partial charge is 0.366 e. The number of primary amides is 1. The standard InChI is InChI=1S/C17H21N3O/c18-17(21)12-3-4-16-14(9-12)15(10-19-16)11-5-7-20-6-1-2-13(20)8-11/h3-4,9-11,13,19H,1-2,5-8H2,(H2,18,21). The highest BCUT2D eigenvalue weighted by molar-refractivity contribution is 5.97. The fourth-order valence-corrected chi connectivity index (χ4v) is 4.14. The van der Waals surface area contributed by atoms with E-state index in [4.69, 9.17) is 5.73 Å². The molecule has 1 aromatic heterocycles. The van der Waals surface area contributed by atoms with Gasteiger partial charge in [0, 0.05) is 28.7 Å². The first-order chi connectivity index (χ1) is 10.2. The fraction of sp³-hybridized carbons (Fsp3) is 0.471. The normalized spacial score (nSPS) is 26.1. The van der Waals surface area contributed by atoms with Crippen LogP contribution in [0.2, 0.25) is 0 Å². The van der Waals surface area contributed by atoms with Crippen molar-refractivity contribution in [3.8, 4) is 0 Å². The van der Waals surface area contributed by atoms with Gasteiger partial charge in [0.2, 0.25) is 5.91 Å². The molecule has 0 bridgehead atoms. The molecule has 2 aromatic rings. The Hall–Kier alpha value is -1.81. The predicted octanol–water partition coefficient (Wildman–Crippen LogP) is 2.61. The summed E-state index contributed by atoms with van der Waals surface area (Å²) in [5.74, 6) is 0.246. The van der Waals surface area contributed by atoms with E-state index in [1.165, 1.54) is 49.7 Å². The van der Waals surface area contributed by atoms with Gasteiger partial charge in [0.1, 0.15) is 0 Å². The predicted molar refractivity (Wildman–Crippen MR) is 83.4 cm³/mol. The second-order valence-corrected chi connectivity index (χ2v) is 6.42. The minimum absolute atomic E-state index is 0.352. The lowest BCUT2D eigenvalue weighted by molar-refractivity contribution is 0.100. The molecule has 2 atom stereocenters. The highest BCUT2D eigenvalue weighted by atomic mass is 16.1. The van der Waals surface area contributed by atoms with Crippen molar-refractivity contribution >= 4 is 16.8 Å². The number of carbonyl (C=O) groups is 1. The average Bonchev–Trinajstić information content (AvgIpc) is 3.12. The number of rotatable bonds is 2. The number of H-pyrrole nitrogens is 1. The topological polar surface area (TPSA) is 62.1 Å². The third-order valence-electron chi connectivity index (χ3n) is 5.26. The van der Waals surface area contributed by atoms with Crippen LogP contribution in [0.5, 0.6) is 0 Å². The minimum Gasteiger partial charge on any atom is -0.366 e. The van der Waals surface area contributed by atoms with E-state index in [9.17, 15) is 4.79 Å². The van der Waals surface area contributed by atoms with Crippen molar-refractivity contribution in [2.45, 2.75) is 37.6 Å². The van der Waals surface area contributed by atoms with Crippen LogP contribution < -0.4 is 5.73 Å². The summed E-state index contributed by atoms with van der Waals surface area (Å²) in [6.07, 6.45) is 7.27. The number of nitrogens with one attached hydrogen (secondary N) is 1. The van der Waals surface area contributed by atoms with E-state index in [0.717, 1.165) is 11.6 Å². The van der Waals surface area contributed by atoms with E-state index in [1.807, 2.05) is 12.1 Å². The van der Waals surface area contributed by atoms with Crippen molar-refractivity contribution in [3.63, 3.8) is 0 Å². The molecule has 4 nitrogen and oxygen atoms in total. The van der Waals surface area contributed by atoms with Gasteiger partial charge < -0.3 is 15.6 Å². The van der Waals surface area contributed by atoms with Crippen molar-refractivity contribution < 1.29 is 4.79 Å². The summed E-state index contributed by atoms with van der Waals surface area (Å²) in [5, 5.41) is 1.17. The first-order valence-corrected chi connectivity index (χ1v) is 7.87. The number of fused-ring (bicyclic) bond motifs is 2. The van der Waals surface area contributed by atoms with Crippen molar-refractivity contribution in [2.24, 2.45) is 5.73 Å². The molecule has 2 saturated heterocycles. The van der Waals surface area contributed by atoms with Crippen molar-refractivity contribution in [2.75, 3.05) is 13.1 Å². The summed E-state index contributed by atoms with van der Waals surface area (Å²) in [4.78, 5) is 17.4. The highest BCUT2D eigenvalue weighted by Gasteiger charge is 2.33. The van der Waals surface area contributed by atoms with Gasteiger partial charge in [0.25, 0.3) is 0 Å². The molecule has 0 spiro atoms. The summed E-state index contributed by atoms with van der Waals surface area (Å²) in [7, 11) is 0. The van der Waals surface area contributed by atoms with E-state index in [1.54, 1.807) is 6.07 Å². The van der Waals surface area contributed by atoms with Gasteiger partial charge in [0.05, 0.1) is 0 Å². The Morgan fingerprint density at radius 3 is 3.05 bits per heavy atom. The Labute approximate surface area is 124 Å². The van der Waals surface area contributed by atoms with E-state index in [-0.39, 0.29) is 5.91 Å². The Balaban J connectivity index is 1.69. The Bertz CT molecular complexity index is 690. The number of hydrogen-bond donors (Lipinski definition) is 2. The maximum absolute atomic E-state index is 11.4. The van der Waals surface area contributed by atoms with Crippen LogP contribution in [0.4, 0.5) is 0 Å². The van der Waals surface area contributed by atoms with E-state index in [0.29, 0.717) is 11.5 Å². The molecule has 4 heteroatoms. The number of carbonyl (C=O) groups excluding carboxylic acids is 1. The molecule has 110 valence electrons. The quantitative estimate of drug-likeness (QED) is 0.890. The summed E-state index contributed by atoms with van der Waals surface area (Å²) in [5.41, 5.74) is 8.48. The number of amides is 1. The lowest BCUT2D eigenvalue weighted by atomic mass is 9.85. The molecule has 1 amide bonds. The van der Waals surface area contributed by atoms with Crippen LogP contribution in [0.25, 0.3) is 10.9 Å². The Morgan fingerprint density at radius 2 is 2.19 bits per heavy atom. The second kappa shape index (κ2) is 4.88. The van der Waals surface area contributed by atoms with Crippen molar-refractivity contribution in [1.82, 2.24) is 9.88 Å². The van der Waals surface area contributed by atoms with Crippen LogP contribution in [0.15, 0.2) is 24.4 Å². The molecular weight excluding hydrogens is 262 g/mol. The number of benzene rings is 1. The van der Waals surface area contributed by atoms with Gasteiger partial charge in [-0.05, 0) is 68.5 Å². The van der Waals surface area contributed by atoms with Crippen molar-refractivity contribution in [3.05, 3.63) is 35.5 Å². The van der Waals surface area contributed by atoms with Gasteiger partial charge in [-0.2, -0.15) is 0 Å². The van der Waals surface area contributed by atoms with Gasteiger partial charge in [-0.25, -0.2) is 0 Å². The van der Waals surface area contributed by atoms with Gasteiger partial charge in [-0.15, -0.1) is 0 Å². The maximum Gasteiger partial charge on any atom is 0.248 e. The van der Waals surface area contributed by atoms with Crippen LogP contribution in [-0.2, 0) is 0 Å². The molecule has 1 aromatic carbocycles. The van der Waals surface area contributed by atoms with E-state index >= 15 is 0 Å². The third kappa shape index (κ3) is 2.14. The van der Waals surface area contributed by atoms with E-state index < -0.39 is 0 Å². The molecule has 0 radical (unpaired) electrons. The third-order valence-corrected chi connectivity index (χ3v) is 5.26. The second-order valence-electron chi connectivity index (χ2n) is 6.42. The fourth-order valence-electron chi connectivity index (χ4n) is 4.14. The molecule has 21 heavy (non-hydrogen) atoms. The molecule has 2 unspecified atom stereocenters. The zero-order chi connectivity index (χ0) is 14.4.